The largest absolute Gasteiger partial charge is 0.492 e. The van der Waals surface area contributed by atoms with Gasteiger partial charge in [0.05, 0.1) is 52.7 Å². The highest BCUT2D eigenvalue weighted by molar-refractivity contribution is 6.33. The molecule has 3 aromatic carbocycles. The number of carbonyl (C=O) groups excluding carboxylic acids is 1. The smallest absolute Gasteiger partial charge is 0.416 e. The number of amides is 1. The van der Waals surface area contributed by atoms with Crippen molar-refractivity contribution < 1.29 is 27.4 Å². The Kier molecular flexibility index (Phi) is 9.58. The first-order chi connectivity index (χ1) is 23.6. The Morgan fingerprint density at radius 1 is 1.02 bits per heavy atom. The van der Waals surface area contributed by atoms with Gasteiger partial charge in [0.1, 0.15) is 5.75 Å². The van der Waals surface area contributed by atoms with Crippen LogP contribution < -0.4 is 10.1 Å². The van der Waals surface area contributed by atoms with Gasteiger partial charge in [-0.15, -0.1) is 0 Å². The molecular formula is C38H40ClF3N4O3. The number of fused-ring (bicyclic) bond motifs is 1. The molecule has 7 rings (SSSR count). The molecule has 2 saturated heterocycles. The number of aromatic nitrogens is 1. The van der Waals surface area contributed by atoms with Gasteiger partial charge in [-0.2, -0.15) is 13.2 Å². The lowest BCUT2D eigenvalue weighted by molar-refractivity contribution is -0.137. The summed E-state index contributed by atoms with van der Waals surface area (Å²) in [6, 6.07) is 18.9. The van der Waals surface area contributed by atoms with Crippen LogP contribution in [-0.4, -0.2) is 72.7 Å². The second-order valence-corrected chi connectivity index (χ2v) is 13.6. The number of piperidine rings is 1. The summed E-state index contributed by atoms with van der Waals surface area (Å²) < 4.78 is 53.4. The second kappa shape index (κ2) is 13.9. The number of carbonyl (C=O) groups is 1. The summed E-state index contributed by atoms with van der Waals surface area (Å²) >= 11 is 6.73. The maximum absolute atomic E-state index is 14.7. The lowest BCUT2D eigenvalue weighted by Gasteiger charge is -2.40. The van der Waals surface area contributed by atoms with Crippen LogP contribution in [0.15, 0.2) is 66.7 Å². The van der Waals surface area contributed by atoms with Gasteiger partial charge in [0.2, 0.25) is 0 Å². The van der Waals surface area contributed by atoms with Crippen molar-refractivity contribution >= 4 is 28.4 Å². The molecule has 0 spiro atoms. The Balaban J connectivity index is 1.35. The highest BCUT2D eigenvalue weighted by atomic mass is 35.5. The molecule has 258 valence electrons. The van der Waals surface area contributed by atoms with Gasteiger partial charge in [0.25, 0.3) is 5.91 Å². The van der Waals surface area contributed by atoms with E-state index >= 15 is 0 Å². The van der Waals surface area contributed by atoms with Gasteiger partial charge in [-0.25, -0.2) is 4.98 Å². The molecule has 49 heavy (non-hydrogen) atoms. The van der Waals surface area contributed by atoms with Crippen LogP contribution in [0.3, 0.4) is 0 Å². The minimum absolute atomic E-state index is 0.293. The number of rotatable bonds is 9. The normalized spacial score (nSPS) is 18.8. The topological polar surface area (TPSA) is 66.9 Å². The molecule has 1 saturated carbocycles. The van der Waals surface area contributed by atoms with Crippen molar-refractivity contribution in [3.05, 3.63) is 94.0 Å². The van der Waals surface area contributed by atoms with Gasteiger partial charge >= 0.3 is 6.18 Å². The summed E-state index contributed by atoms with van der Waals surface area (Å²) in [7, 11) is 0. The molecule has 3 aliphatic rings. The molecule has 0 unspecified atom stereocenters. The number of nitrogens with one attached hydrogen (secondary N) is 1. The molecule has 0 atom stereocenters. The number of halogens is 4. The van der Waals surface area contributed by atoms with Gasteiger partial charge in [-0.1, -0.05) is 54.1 Å². The Bertz CT molecular complexity index is 1820. The Morgan fingerprint density at radius 2 is 1.76 bits per heavy atom. The number of benzene rings is 3. The first kappa shape index (κ1) is 33.8. The minimum atomic E-state index is -4.54. The van der Waals surface area contributed by atoms with Gasteiger partial charge < -0.3 is 14.8 Å². The summed E-state index contributed by atoms with van der Waals surface area (Å²) in [5.74, 6) is 0.0896. The van der Waals surface area contributed by atoms with Crippen LogP contribution in [0.5, 0.6) is 5.75 Å². The van der Waals surface area contributed by atoms with Crippen molar-refractivity contribution in [1.29, 1.82) is 0 Å². The molecular weight excluding hydrogens is 653 g/mol. The van der Waals surface area contributed by atoms with Gasteiger partial charge in [0.15, 0.2) is 0 Å². The quantitative estimate of drug-likeness (QED) is 0.194. The number of pyridine rings is 1. The highest BCUT2D eigenvalue weighted by Crippen LogP contribution is 2.46. The minimum Gasteiger partial charge on any atom is -0.492 e. The van der Waals surface area contributed by atoms with E-state index in [1.54, 1.807) is 18.2 Å². The number of morpholine rings is 1. The Labute approximate surface area is 289 Å². The van der Waals surface area contributed by atoms with Crippen LogP contribution in [0.4, 0.5) is 13.2 Å². The zero-order valence-corrected chi connectivity index (χ0v) is 28.2. The van der Waals surface area contributed by atoms with E-state index in [4.69, 9.17) is 26.1 Å². The number of nitrogens with zero attached hydrogens (tertiary/aromatic N) is 3. The van der Waals surface area contributed by atoms with Crippen molar-refractivity contribution in [2.75, 3.05) is 46.0 Å². The summed E-state index contributed by atoms with van der Waals surface area (Å²) in [6.07, 6.45) is -1.08. The molecule has 3 heterocycles. The molecule has 1 N–H and O–H groups in total. The van der Waals surface area contributed by atoms with E-state index in [2.05, 4.69) is 15.1 Å². The lowest BCUT2D eigenvalue weighted by atomic mass is 9.93. The van der Waals surface area contributed by atoms with E-state index in [0.29, 0.717) is 63.3 Å². The number of likely N-dealkylation sites (tertiary alicyclic amines) is 1. The SMILES string of the molecule is CCOc1cc2nc(-c3cccc(C(F)(F)F)c3)c(CN3CCC(N4CCOCC4)CC3)c(C(=O)NC3(c4ccccc4)CC3)c2cc1Cl. The second-order valence-electron chi connectivity index (χ2n) is 13.2. The predicted octanol–water partition coefficient (Wildman–Crippen LogP) is 7.69. The zero-order chi connectivity index (χ0) is 34.2. The number of hydrogen-bond acceptors (Lipinski definition) is 6. The molecule has 7 nitrogen and oxygen atoms in total. The van der Waals surface area contributed by atoms with Crippen LogP contribution in [-0.2, 0) is 23.0 Å². The van der Waals surface area contributed by atoms with Crippen molar-refractivity contribution in [2.45, 2.75) is 56.9 Å². The maximum Gasteiger partial charge on any atom is 0.416 e. The number of alkyl halides is 3. The fourth-order valence-corrected chi connectivity index (χ4v) is 7.54. The van der Waals surface area contributed by atoms with E-state index in [1.165, 1.54) is 6.07 Å². The molecule has 1 amide bonds. The summed E-state index contributed by atoms with van der Waals surface area (Å²) in [5.41, 5.74) is 1.73. The summed E-state index contributed by atoms with van der Waals surface area (Å²) in [5, 5.41) is 4.20. The average Bonchev–Trinajstić information content (AvgIpc) is 3.90. The predicted molar refractivity (Wildman–Crippen MR) is 184 cm³/mol. The average molecular weight is 693 g/mol. The number of ether oxygens (including phenoxy) is 2. The Hall–Kier alpha value is -3.70. The monoisotopic (exact) mass is 692 g/mol. The van der Waals surface area contributed by atoms with Crippen LogP contribution in [0.2, 0.25) is 5.02 Å². The fraction of sp³-hybridized carbons (Fsp3) is 0.421. The first-order valence-electron chi connectivity index (χ1n) is 17.0. The third kappa shape index (κ3) is 7.15. The van der Waals surface area contributed by atoms with Gasteiger partial charge in [-0.3, -0.25) is 14.6 Å². The molecule has 1 aromatic heterocycles. The zero-order valence-electron chi connectivity index (χ0n) is 27.5. The molecule has 2 aliphatic heterocycles. The lowest BCUT2D eigenvalue weighted by Crippen LogP contribution is -2.48. The van der Waals surface area contributed by atoms with Gasteiger partial charge in [-0.05, 0) is 69.5 Å². The molecule has 11 heteroatoms. The van der Waals surface area contributed by atoms with E-state index in [0.717, 1.165) is 82.8 Å². The number of hydrogen-bond donors (Lipinski definition) is 1. The van der Waals surface area contributed by atoms with Crippen molar-refractivity contribution in [3.63, 3.8) is 0 Å². The first-order valence-corrected chi connectivity index (χ1v) is 17.4. The van der Waals surface area contributed by atoms with E-state index in [-0.39, 0.29) is 5.91 Å². The molecule has 4 aromatic rings. The fourth-order valence-electron chi connectivity index (χ4n) is 7.32. The molecule has 3 fully saturated rings. The maximum atomic E-state index is 14.7. The van der Waals surface area contributed by atoms with Crippen molar-refractivity contribution in [1.82, 2.24) is 20.1 Å². The van der Waals surface area contributed by atoms with Crippen LogP contribution in [0.1, 0.15) is 59.7 Å². The molecule has 1 aliphatic carbocycles. The van der Waals surface area contributed by atoms with E-state index < -0.39 is 17.3 Å². The van der Waals surface area contributed by atoms with Crippen LogP contribution in [0, 0.1) is 0 Å². The van der Waals surface area contributed by atoms with Crippen molar-refractivity contribution in [2.24, 2.45) is 0 Å². The third-order valence-electron chi connectivity index (χ3n) is 10.1. The van der Waals surface area contributed by atoms with Gasteiger partial charge in [0, 0.05) is 48.3 Å². The summed E-state index contributed by atoms with van der Waals surface area (Å²) in [4.78, 5) is 24.5. The van der Waals surface area contributed by atoms with E-state index in [1.807, 2.05) is 37.3 Å². The van der Waals surface area contributed by atoms with Crippen molar-refractivity contribution in [3.8, 4) is 17.0 Å². The highest BCUT2D eigenvalue weighted by Gasteiger charge is 2.46. The van der Waals surface area contributed by atoms with E-state index in [9.17, 15) is 18.0 Å². The van der Waals surface area contributed by atoms with Crippen LogP contribution >= 0.6 is 11.6 Å². The molecule has 0 radical (unpaired) electrons. The van der Waals surface area contributed by atoms with Crippen LogP contribution in [0.25, 0.3) is 22.2 Å². The Morgan fingerprint density at radius 3 is 2.43 bits per heavy atom. The summed E-state index contributed by atoms with van der Waals surface area (Å²) in [6.45, 7) is 7.40. The standard InChI is InChI=1S/C38H40ClF3N4O3/c1-2-49-33-23-32-29(22-31(33)39)34(36(47)44-37(13-14-37)26-8-4-3-5-9-26)30(35(43-32)25-7-6-10-27(21-25)38(40,41)42)24-45-15-11-28(12-16-45)46-17-19-48-20-18-46/h3-10,21-23,28H,2,11-20,24H2,1H3,(H,44,47). The molecule has 0 bridgehead atoms. The third-order valence-corrected chi connectivity index (χ3v) is 10.4.